The summed E-state index contributed by atoms with van der Waals surface area (Å²) < 4.78 is 12.8. The van der Waals surface area contributed by atoms with E-state index in [0.717, 1.165) is 12.1 Å². The minimum absolute atomic E-state index is 0.0278. The van der Waals surface area contributed by atoms with Crippen LogP contribution in [0.1, 0.15) is 18.9 Å². The summed E-state index contributed by atoms with van der Waals surface area (Å²) >= 11 is 0. The first-order valence-corrected chi connectivity index (χ1v) is 4.37. The van der Waals surface area contributed by atoms with E-state index < -0.39 is 10.7 Å². The predicted molar refractivity (Wildman–Crippen MR) is 53.3 cm³/mol. The van der Waals surface area contributed by atoms with E-state index in [1.807, 2.05) is 0 Å². The number of rotatable bonds is 3. The third-order valence-electron chi connectivity index (χ3n) is 1.83. The van der Waals surface area contributed by atoms with Gasteiger partial charge in [0.15, 0.2) is 0 Å². The van der Waals surface area contributed by atoms with Gasteiger partial charge in [-0.25, -0.2) is 4.39 Å². The maximum atomic E-state index is 12.8. The number of allylic oxidation sites excluding steroid dienone is 1. The van der Waals surface area contributed by atoms with E-state index in [0.29, 0.717) is 0 Å². The average molecular weight is 211 g/mol. The van der Waals surface area contributed by atoms with Crippen molar-refractivity contribution in [2.24, 2.45) is 0 Å². The fourth-order valence-corrected chi connectivity index (χ4v) is 1.16. The van der Waals surface area contributed by atoms with Crippen molar-refractivity contribution in [2.45, 2.75) is 13.3 Å². The maximum Gasteiger partial charge on any atom is 0.246 e. The van der Waals surface area contributed by atoms with Crippen LogP contribution in [0.5, 0.6) is 5.75 Å². The zero-order valence-electron chi connectivity index (χ0n) is 8.11. The standard InChI is InChI=1S/C10H10FNO3/c1-2-9(12(14)15)4-7-3-8(11)6-10(13)5-7/h3-6,13H,2H2,1H3/b9-4-. The molecule has 15 heavy (non-hydrogen) atoms. The Morgan fingerprint density at radius 2 is 2.27 bits per heavy atom. The van der Waals surface area contributed by atoms with Crippen molar-refractivity contribution in [1.29, 1.82) is 0 Å². The Labute approximate surface area is 85.8 Å². The Morgan fingerprint density at radius 3 is 2.73 bits per heavy atom. The average Bonchev–Trinajstić information content (AvgIpc) is 2.12. The van der Waals surface area contributed by atoms with Crippen LogP contribution in [0.15, 0.2) is 23.9 Å². The molecule has 1 aromatic carbocycles. The molecule has 1 N–H and O–H groups in total. The van der Waals surface area contributed by atoms with E-state index in [9.17, 15) is 14.5 Å². The first kappa shape index (κ1) is 11.2. The number of hydrogen-bond donors (Lipinski definition) is 1. The molecular weight excluding hydrogens is 201 g/mol. The van der Waals surface area contributed by atoms with E-state index in [4.69, 9.17) is 5.11 Å². The van der Waals surface area contributed by atoms with Crippen LogP contribution in [0.2, 0.25) is 0 Å². The fourth-order valence-electron chi connectivity index (χ4n) is 1.16. The maximum absolute atomic E-state index is 12.8. The molecule has 80 valence electrons. The number of phenolic OH excluding ortho intramolecular Hbond substituents is 1. The van der Waals surface area contributed by atoms with Crippen LogP contribution < -0.4 is 0 Å². The van der Waals surface area contributed by atoms with Gasteiger partial charge in [-0.15, -0.1) is 0 Å². The molecule has 0 aliphatic heterocycles. The Hall–Kier alpha value is -1.91. The van der Waals surface area contributed by atoms with Gasteiger partial charge in [-0.1, -0.05) is 6.92 Å². The van der Waals surface area contributed by atoms with Crippen molar-refractivity contribution >= 4 is 6.08 Å². The Balaban J connectivity index is 3.11. The summed E-state index contributed by atoms with van der Waals surface area (Å²) in [5.74, 6) is -0.875. The highest BCUT2D eigenvalue weighted by molar-refractivity contribution is 5.53. The Bertz CT molecular complexity index is 395. The molecule has 1 rings (SSSR count). The molecule has 0 bridgehead atoms. The number of halogens is 1. The second-order valence-electron chi connectivity index (χ2n) is 2.99. The van der Waals surface area contributed by atoms with Crippen molar-refractivity contribution in [3.05, 3.63) is 45.4 Å². The van der Waals surface area contributed by atoms with Crippen LogP contribution >= 0.6 is 0 Å². The van der Waals surface area contributed by atoms with Gasteiger partial charge in [0.05, 0.1) is 4.92 Å². The highest BCUT2D eigenvalue weighted by Crippen LogP contribution is 2.18. The van der Waals surface area contributed by atoms with E-state index in [2.05, 4.69) is 0 Å². The molecule has 0 heterocycles. The molecule has 1 aromatic rings. The van der Waals surface area contributed by atoms with E-state index in [1.165, 1.54) is 12.1 Å². The summed E-state index contributed by atoms with van der Waals surface area (Å²) in [6.07, 6.45) is 1.48. The van der Waals surface area contributed by atoms with Crippen LogP contribution in [0.4, 0.5) is 4.39 Å². The molecular formula is C10H10FNO3. The summed E-state index contributed by atoms with van der Waals surface area (Å²) in [5.41, 5.74) is 0.251. The molecule has 0 saturated heterocycles. The van der Waals surface area contributed by atoms with Crippen molar-refractivity contribution in [3.63, 3.8) is 0 Å². The van der Waals surface area contributed by atoms with Gasteiger partial charge in [0.25, 0.3) is 0 Å². The topological polar surface area (TPSA) is 63.4 Å². The zero-order chi connectivity index (χ0) is 11.4. The SMILES string of the molecule is CC/C(=C/c1cc(O)cc(F)c1)[N+](=O)[O-]. The van der Waals surface area contributed by atoms with Gasteiger partial charge in [-0.2, -0.15) is 0 Å². The van der Waals surface area contributed by atoms with Crippen molar-refractivity contribution in [3.8, 4) is 5.75 Å². The minimum Gasteiger partial charge on any atom is -0.508 e. The van der Waals surface area contributed by atoms with Gasteiger partial charge in [0, 0.05) is 18.6 Å². The van der Waals surface area contributed by atoms with Crippen LogP contribution in [0, 0.1) is 15.9 Å². The molecule has 0 aliphatic rings. The number of phenols is 1. The second kappa shape index (κ2) is 4.54. The summed E-state index contributed by atoms with van der Waals surface area (Å²) in [7, 11) is 0. The lowest BCUT2D eigenvalue weighted by molar-refractivity contribution is -0.425. The summed E-state index contributed by atoms with van der Waals surface area (Å²) in [4.78, 5) is 9.96. The molecule has 0 spiro atoms. The molecule has 0 fully saturated rings. The highest BCUT2D eigenvalue weighted by Gasteiger charge is 2.08. The molecule has 0 unspecified atom stereocenters. The lowest BCUT2D eigenvalue weighted by Crippen LogP contribution is -1.96. The van der Waals surface area contributed by atoms with E-state index in [-0.39, 0.29) is 23.4 Å². The third-order valence-corrected chi connectivity index (χ3v) is 1.83. The Kier molecular flexibility index (Phi) is 3.38. The molecule has 0 radical (unpaired) electrons. The van der Waals surface area contributed by atoms with Crippen molar-refractivity contribution < 1.29 is 14.4 Å². The first-order chi connectivity index (χ1) is 7.02. The molecule has 0 aliphatic carbocycles. The van der Waals surface area contributed by atoms with Gasteiger partial charge in [-0.05, 0) is 17.7 Å². The van der Waals surface area contributed by atoms with E-state index >= 15 is 0 Å². The smallest absolute Gasteiger partial charge is 0.246 e. The van der Waals surface area contributed by atoms with Crippen LogP contribution in [0.3, 0.4) is 0 Å². The minimum atomic E-state index is -0.625. The van der Waals surface area contributed by atoms with Gasteiger partial charge in [0.2, 0.25) is 5.70 Å². The van der Waals surface area contributed by atoms with E-state index in [1.54, 1.807) is 6.92 Å². The molecule has 5 heteroatoms. The number of nitro groups is 1. The first-order valence-electron chi connectivity index (χ1n) is 4.37. The highest BCUT2D eigenvalue weighted by atomic mass is 19.1. The van der Waals surface area contributed by atoms with Crippen molar-refractivity contribution in [2.75, 3.05) is 0 Å². The molecule has 0 aromatic heterocycles. The van der Waals surface area contributed by atoms with Crippen LogP contribution in [-0.2, 0) is 0 Å². The Morgan fingerprint density at radius 1 is 1.60 bits per heavy atom. The number of nitrogens with zero attached hydrogens (tertiary/aromatic N) is 1. The zero-order valence-corrected chi connectivity index (χ0v) is 8.11. The largest absolute Gasteiger partial charge is 0.508 e. The number of benzene rings is 1. The van der Waals surface area contributed by atoms with Crippen molar-refractivity contribution in [1.82, 2.24) is 0 Å². The van der Waals surface area contributed by atoms with Gasteiger partial charge >= 0.3 is 0 Å². The fraction of sp³-hybridized carbons (Fsp3) is 0.200. The molecule has 0 saturated carbocycles. The second-order valence-corrected chi connectivity index (χ2v) is 2.99. The number of hydrogen-bond acceptors (Lipinski definition) is 3. The van der Waals surface area contributed by atoms with Crippen LogP contribution in [-0.4, -0.2) is 10.0 Å². The molecule has 0 amide bonds. The van der Waals surface area contributed by atoms with Gasteiger partial charge < -0.3 is 5.11 Å². The molecule has 0 atom stereocenters. The lowest BCUT2D eigenvalue weighted by Gasteiger charge is -1.98. The third kappa shape index (κ3) is 3.05. The normalized spacial score (nSPS) is 11.5. The summed E-state index contributed by atoms with van der Waals surface area (Å²) in [5, 5.41) is 19.6. The predicted octanol–water partition coefficient (Wildman–Crippen LogP) is 2.56. The van der Waals surface area contributed by atoms with Crippen LogP contribution in [0.25, 0.3) is 6.08 Å². The molecule has 4 nitrogen and oxygen atoms in total. The monoisotopic (exact) mass is 211 g/mol. The quantitative estimate of drug-likeness (QED) is 0.617. The number of aromatic hydroxyl groups is 1. The van der Waals surface area contributed by atoms with Gasteiger partial charge in [-0.3, -0.25) is 10.1 Å². The van der Waals surface area contributed by atoms with Gasteiger partial charge in [0.1, 0.15) is 11.6 Å². The summed E-state index contributed by atoms with van der Waals surface area (Å²) in [6, 6.07) is 3.33. The summed E-state index contributed by atoms with van der Waals surface area (Å²) in [6.45, 7) is 1.63. The lowest BCUT2D eigenvalue weighted by atomic mass is 10.1.